The number of anilines is 2. The number of nitrogens with one attached hydrogen (secondary N) is 2. The quantitative estimate of drug-likeness (QED) is 0.311. The number of rotatable bonds is 2. The molecule has 0 fully saturated rings. The Bertz CT molecular complexity index is 224. The second kappa shape index (κ2) is 3.08. The van der Waals surface area contributed by atoms with Crippen molar-refractivity contribution < 1.29 is 0 Å². The zero-order chi connectivity index (χ0) is 8.27. The molecular formula is C4H9N7. The zero-order valence-corrected chi connectivity index (χ0v) is 6.00. The summed E-state index contributed by atoms with van der Waals surface area (Å²) in [6.07, 6.45) is 0. The first-order valence-electron chi connectivity index (χ1n) is 2.92. The van der Waals surface area contributed by atoms with E-state index in [-0.39, 0.29) is 11.9 Å². The molecule has 0 aliphatic carbocycles. The Labute approximate surface area is 63.2 Å². The third kappa shape index (κ3) is 1.72. The van der Waals surface area contributed by atoms with E-state index >= 15 is 0 Å². The van der Waals surface area contributed by atoms with Crippen molar-refractivity contribution in [1.82, 2.24) is 15.0 Å². The van der Waals surface area contributed by atoms with E-state index in [4.69, 9.17) is 11.7 Å². The topological polar surface area (TPSA) is 115 Å². The lowest BCUT2D eigenvalue weighted by Gasteiger charge is -2.01. The summed E-state index contributed by atoms with van der Waals surface area (Å²) < 4.78 is 0. The number of hydrogen-bond donors (Lipinski definition) is 4. The van der Waals surface area contributed by atoms with Crippen LogP contribution in [0.1, 0.15) is 5.82 Å². The maximum atomic E-state index is 5.07. The van der Waals surface area contributed by atoms with Crippen molar-refractivity contribution in [2.75, 3.05) is 10.9 Å². The number of hydrogen-bond acceptors (Lipinski definition) is 7. The molecular weight excluding hydrogens is 146 g/mol. The van der Waals surface area contributed by atoms with Crippen molar-refractivity contribution in [2.24, 2.45) is 11.7 Å². The fraction of sp³-hybridized carbons (Fsp3) is 0.250. The summed E-state index contributed by atoms with van der Waals surface area (Å²) in [4.78, 5) is 11.5. The summed E-state index contributed by atoms with van der Waals surface area (Å²) in [5.74, 6) is 11.2. The van der Waals surface area contributed by atoms with E-state index in [1.807, 2.05) is 0 Å². The summed E-state index contributed by atoms with van der Waals surface area (Å²) >= 11 is 0. The van der Waals surface area contributed by atoms with Gasteiger partial charge < -0.3 is 0 Å². The van der Waals surface area contributed by atoms with Crippen LogP contribution in [0.4, 0.5) is 11.9 Å². The maximum absolute atomic E-state index is 5.07. The first-order chi connectivity index (χ1) is 5.26. The van der Waals surface area contributed by atoms with Crippen LogP contribution in [0.2, 0.25) is 0 Å². The lowest BCUT2D eigenvalue weighted by atomic mass is 10.7. The van der Waals surface area contributed by atoms with Gasteiger partial charge in [-0.05, 0) is 6.92 Å². The fourth-order valence-corrected chi connectivity index (χ4v) is 0.611. The van der Waals surface area contributed by atoms with Gasteiger partial charge in [-0.1, -0.05) is 0 Å². The van der Waals surface area contributed by atoms with Crippen LogP contribution in [0.5, 0.6) is 0 Å². The summed E-state index contributed by atoms with van der Waals surface area (Å²) in [5.41, 5.74) is 4.57. The van der Waals surface area contributed by atoms with Gasteiger partial charge in [0.25, 0.3) is 0 Å². The molecule has 1 aromatic heterocycles. The second-order valence-electron chi connectivity index (χ2n) is 1.82. The highest BCUT2D eigenvalue weighted by atomic mass is 15.4. The highest BCUT2D eigenvalue weighted by Crippen LogP contribution is 2.00. The Hall–Kier alpha value is -1.47. The van der Waals surface area contributed by atoms with Gasteiger partial charge in [-0.15, -0.1) is 0 Å². The first kappa shape index (κ1) is 7.63. The van der Waals surface area contributed by atoms with E-state index in [1.165, 1.54) is 0 Å². The van der Waals surface area contributed by atoms with Gasteiger partial charge in [0.1, 0.15) is 5.82 Å². The Balaban J connectivity index is 3.02. The highest BCUT2D eigenvalue weighted by molar-refractivity contribution is 5.31. The fourth-order valence-electron chi connectivity index (χ4n) is 0.611. The van der Waals surface area contributed by atoms with E-state index in [2.05, 4.69) is 25.8 Å². The van der Waals surface area contributed by atoms with E-state index in [9.17, 15) is 0 Å². The van der Waals surface area contributed by atoms with Crippen LogP contribution in [0.25, 0.3) is 0 Å². The number of nitrogens with zero attached hydrogens (tertiary/aromatic N) is 3. The molecule has 6 N–H and O–H groups in total. The number of aromatic nitrogens is 3. The van der Waals surface area contributed by atoms with Gasteiger partial charge >= 0.3 is 0 Å². The largest absolute Gasteiger partial charge is 0.292 e. The molecule has 7 heteroatoms. The van der Waals surface area contributed by atoms with E-state index in [0.29, 0.717) is 5.82 Å². The molecule has 1 heterocycles. The van der Waals surface area contributed by atoms with Gasteiger partial charge in [0.05, 0.1) is 0 Å². The van der Waals surface area contributed by atoms with Gasteiger partial charge in [0.2, 0.25) is 11.9 Å². The Morgan fingerprint density at radius 2 is 1.45 bits per heavy atom. The molecule has 0 atom stereocenters. The number of nitrogen functional groups attached to an aromatic ring is 2. The monoisotopic (exact) mass is 155 g/mol. The van der Waals surface area contributed by atoms with Crippen LogP contribution in [-0.2, 0) is 0 Å². The molecule has 0 amide bonds. The minimum Gasteiger partial charge on any atom is -0.292 e. The molecule has 7 nitrogen and oxygen atoms in total. The van der Waals surface area contributed by atoms with Crippen molar-refractivity contribution in [1.29, 1.82) is 0 Å². The Kier molecular flexibility index (Phi) is 2.14. The first-order valence-corrected chi connectivity index (χ1v) is 2.92. The van der Waals surface area contributed by atoms with Gasteiger partial charge in [-0.25, -0.2) is 11.7 Å². The third-order valence-electron chi connectivity index (χ3n) is 1.01. The zero-order valence-electron chi connectivity index (χ0n) is 6.00. The smallest absolute Gasteiger partial charge is 0.242 e. The molecule has 11 heavy (non-hydrogen) atoms. The standard InChI is InChI=1S/C4H9N7/c1-2-7-3(10-5)9-4(8-2)11-6/h5-6H2,1H3,(H2,7,8,9,10,11). The molecule has 0 radical (unpaired) electrons. The van der Waals surface area contributed by atoms with Crippen LogP contribution in [0.15, 0.2) is 0 Å². The minimum atomic E-state index is 0.283. The van der Waals surface area contributed by atoms with Gasteiger partial charge in [0.15, 0.2) is 0 Å². The van der Waals surface area contributed by atoms with Crippen LogP contribution in [0, 0.1) is 6.92 Å². The van der Waals surface area contributed by atoms with Crippen LogP contribution < -0.4 is 22.5 Å². The molecule has 0 aliphatic rings. The SMILES string of the molecule is Cc1nc(NN)nc(NN)n1. The van der Waals surface area contributed by atoms with E-state index in [1.54, 1.807) is 6.92 Å². The molecule has 0 aliphatic heterocycles. The molecule has 0 saturated heterocycles. The lowest BCUT2D eigenvalue weighted by Crippen LogP contribution is -2.16. The second-order valence-corrected chi connectivity index (χ2v) is 1.82. The summed E-state index contributed by atoms with van der Waals surface area (Å²) in [5, 5.41) is 0. The normalized spacial score (nSPS) is 9.36. The highest BCUT2D eigenvalue weighted by Gasteiger charge is 1.98. The van der Waals surface area contributed by atoms with Gasteiger partial charge in [0, 0.05) is 0 Å². The molecule has 1 rings (SSSR count). The molecule has 1 aromatic rings. The molecule has 0 spiro atoms. The van der Waals surface area contributed by atoms with Gasteiger partial charge in [-0.2, -0.15) is 15.0 Å². The number of nitrogens with two attached hydrogens (primary N) is 2. The number of aryl methyl sites for hydroxylation is 1. The number of hydrazine groups is 2. The van der Waals surface area contributed by atoms with Crippen molar-refractivity contribution in [2.45, 2.75) is 6.92 Å². The molecule has 0 bridgehead atoms. The van der Waals surface area contributed by atoms with Crippen LogP contribution >= 0.6 is 0 Å². The molecule has 60 valence electrons. The van der Waals surface area contributed by atoms with Crippen molar-refractivity contribution in [3.63, 3.8) is 0 Å². The average Bonchev–Trinajstić information content (AvgIpc) is 2.03. The Morgan fingerprint density at radius 1 is 1.00 bits per heavy atom. The van der Waals surface area contributed by atoms with E-state index < -0.39 is 0 Å². The summed E-state index contributed by atoms with van der Waals surface area (Å²) in [6.45, 7) is 1.71. The van der Waals surface area contributed by atoms with Crippen LogP contribution in [-0.4, -0.2) is 15.0 Å². The minimum absolute atomic E-state index is 0.283. The van der Waals surface area contributed by atoms with Crippen molar-refractivity contribution >= 4 is 11.9 Å². The third-order valence-corrected chi connectivity index (χ3v) is 1.01. The summed E-state index contributed by atoms with van der Waals surface area (Å²) in [7, 11) is 0. The summed E-state index contributed by atoms with van der Waals surface area (Å²) in [6, 6.07) is 0. The van der Waals surface area contributed by atoms with Crippen LogP contribution in [0.3, 0.4) is 0 Å². The van der Waals surface area contributed by atoms with Crippen molar-refractivity contribution in [3.05, 3.63) is 5.82 Å². The lowest BCUT2D eigenvalue weighted by molar-refractivity contribution is 0.961. The Morgan fingerprint density at radius 3 is 1.82 bits per heavy atom. The predicted octanol–water partition coefficient (Wildman–Crippen LogP) is -1.25. The van der Waals surface area contributed by atoms with Crippen molar-refractivity contribution in [3.8, 4) is 0 Å². The predicted molar refractivity (Wildman–Crippen MR) is 40.2 cm³/mol. The maximum Gasteiger partial charge on any atom is 0.242 e. The molecule has 0 aromatic carbocycles. The molecule has 0 unspecified atom stereocenters. The van der Waals surface area contributed by atoms with Gasteiger partial charge in [-0.3, -0.25) is 10.9 Å². The molecule has 0 saturated carbocycles. The van der Waals surface area contributed by atoms with E-state index in [0.717, 1.165) is 0 Å². The average molecular weight is 155 g/mol.